The first-order valence-corrected chi connectivity index (χ1v) is 8.84. The Bertz CT molecular complexity index is 588. The Balaban J connectivity index is 1.69. The van der Waals surface area contributed by atoms with Crippen LogP contribution in [0.25, 0.3) is 0 Å². The molecule has 1 N–H and O–H groups in total. The van der Waals surface area contributed by atoms with E-state index in [0.717, 1.165) is 18.8 Å². The van der Waals surface area contributed by atoms with Gasteiger partial charge in [-0.2, -0.15) is 0 Å². The molecular formula is C19H28FN3O2. The lowest BCUT2D eigenvalue weighted by Gasteiger charge is -2.36. The largest absolute Gasteiger partial charge is 0.368 e. The van der Waals surface area contributed by atoms with E-state index in [9.17, 15) is 14.0 Å². The predicted octanol–water partition coefficient (Wildman–Crippen LogP) is 2.42. The molecule has 0 aliphatic carbocycles. The van der Waals surface area contributed by atoms with E-state index in [1.165, 1.54) is 12.1 Å². The Labute approximate surface area is 149 Å². The summed E-state index contributed by atoms with van der Waals surface area (Å²) in [4.78, 5) is 28.1. The lowest BCUT2D eigenvalue weighted by Crippen LogP contribution is -2.48. The number of amides is 2. The van der Waals surface area contributed by atoms with Gasteiger partial charge in [-0.05, 0) is 30.7 Å². The summed E-state index contributed by atoms with van der Waals surface area (Å²) in [5.41, 5.74) is 0.583. The van der Waals surface area contributed by atoms with Crippen molar-refractivity contribution in [3.8, 4) is 0 Å². The zero-order chi connectivity index (χ0) is 18.4. The summed E-state index contributed by atoms with van der Waals surface area (Å²) in [5, 5.41) is 2.87. The van der Waals surface area contributed by atoms with Crippen molar-refractivity contribution >= 4 is 17.5 Å². The van der Waals surface area contributed by atoms with Gasteiger partial charge in [0.15, 0.2) is 0 Å². The maximum absolute atomic E-state index is 13.0. The van der Waals surface area contributed by atoms with Gasteiger partial charge in [0.1, 0.15) is 5.82 Å². The van der Waals surface area contributed by atoms with E-state index in [-0.39, 0.29) is 17.6 Å². The first-order chi connectivity index (χ1) is 11.8. The van der Waals surface area contributed by atoms with E-state index in [1.54, 1.807) is 12.1 Å². The second-order valence-electron chi connectivity index (χ2n) is 7.45. The number of nitrogens with zero attached hydrogens (tertiary/aromatic N) is 2. The van der Waals surface area contributed by atoms with Crippen LogP contribution < -0.4 is 10.2 Å². The molecule has 1 saturated heterocycles. The van der Waals surface area contributed by atoms with Crippen LogP contribution in [0.4, 0.5) is 10.1 Å². The molecule has 1 aromatic carbocycles. The first-order valence-electron chi connectivity index (χ1n) is 8.84. The number of anilines is 1. The average molecular weight is 349 g/mol. The van der Waals surface area contributed by atoms with Crippen LogP contribution >= 0.6 is 0 Å². The van der Waals surface area contributed by atoms with Crippen LogP contribution in [-0.4, -0.2) is 49.4 Å². The predicted molar refractivity (Wildman–Crippen MR) is 96.9 cm³/mol. The standard InChI is InChI=1S/C19H28FN3O2/c1-19(2,3)18(25)21-10-4-5-17(24)23-13-11-22(12-14-23)16-8-6-15(20)7-9-16/h6-9H,4-5,10-14H2,1-3H3,(H,21,25). The lowest BCUT2D eigenvalue weighted by atomic mass is 9.96. The third kappa shape index (κ3) is 5.73. The monoisotopic (exact) mass is 349 g/mol. The summed E-state index contributed by atoms with van der Waals surface area (Å²) in [6.45, 7) is 8.97. The molecule has 138 valence electrons. The highest BCUT2D eigenvalue weighted by Crippen LogP contribution is 2.17. The molecule has 1 aliphatic rings. The van der Waals surface area contributed by atoms with Gasteiger partial charge in [-0.1, -0.05) is 20.8 Å². The molecule has 1 aromatic rings. The highest BCUT2D eigenvalue weighted by Gasteiger charge is 2.22. The van der Waals surface area contributed by atoms with Crippen molar-refractivity contribution in [2.75, 3.05) is 37.6 Å². The molecule has 0 aromatic heterocycles. The Morgan fingerprint density at radius 1 is 1.08 bits per heavy atom. The summed E-state index contributed by atoms with van der Waals surface area (Å²) in [5.74, 6) is -0.104. The second-order valence-corrected chi connectivity index (χ2v) is 7.45. The average Bonchev–Trinajstić information content (AvgIpc) is 2.58. The van der Waals surface area contributed by atoms with Gasteiger partial charge >= 0.3 is 0 Å². The van der Waals surface area contributed by atoms with Crippen LogP contribution in [-0.2, 0) is 9.59 Å². The van der Waals surface area contributed by atoms with Gasteiger partial charge in [0.25, 0.3) is 0 Å². The topological polar surface area (TPSA) is 52.7 Å². The van der Waals surface area contributed by atoms with Gasteiger partial charge in [0, 0.05) is 50.2 Å². The second kappa shape index (κ2) is 8.32. The highest BCUT2D eigenvalue weighted by atomic mass is 19.1. The van der Waals surface area contributed by atoms with Gasteiger partial charge in [-0.15, -0.1) is 0 Å². The molecule has 0 radical (unpaired) electrons. The Morgan fingerprint density at radius 2 is 1.68 bits per heavy atom. The van der Waals surface area contributed by atoms with E-state index in [4.69, 9.17) is 0 Å². The van der Waals surface area contributed by atoms with Crippen molar-refractivity contribution < 1.29 is 14.0 Å². The van der Waals surface area contributed by atoms with Crippen molar-refractivity contribution in [2.24, 2.45) is 5.41 Å². The van der Waals surface area contributed by atoms with Crippen LogP contribution in [0.5, 0.6) is 0 Å². The van der Waals surface area contributed by atoms with Gasteiger partial charge in [-0.3, -0.25) is 9.59 Å². The molecule has 5 nitrogen and oxygen atoms in total. The number of halogens is 1. The van der Waals surface area contributed by atoms with Crippen molar-refractivity contribution in [3.05, 3.63) is 30.1 Å². The number of hydrogen-bond donors (Lipinski definition) is 1. The molecule has 6 heteroatoms. The van der Waals surface area contributed by atoms with Crippen molar-refractivity contribution in [2.45, 2.75) is 33.6 Å². The van der Waals surface area contributed by atoms with E-state index in [1.807, 2.05) is 25.7 Å². The number of rotatable bonds is 5. The Kier molecular flexibility index (Phi) is 6.39. The van der Waals surface area contributed by atoms with Crippen LogP contribution in [0.15, 0.2) is 24.3 Å². The minimum absolute atomic E-state index is 0.00728. The number of hydrogen-bond acceptors (Lipinski definition) is 3. The Hall–Kier alpha value is -2.11. The van der Waals surface area contributed by atoms with Crippen LogP contribution in [0.3, 0.4) is 0 Å². The fourth-order valence-electron chi connectivity index (χ4n) is 2.73. The minimum atomic E-state index is -0.402. The molecule has 25 heavy (non-hydrogen) atoms. The van der Waals surface area contributed by atoms with E-state index >= 15 is 0 Å². The first kappa shape index (κ1) is 19.2. The van der Waals surface area contributed by atoms with Crippen molar-refractivity contribution in [1.82, 2.24) is 10.2 Å². The zero-order valence-electron chi connectivity index (χ0n) is 15.3. The smallest absolute Gasteiger partial charge is 0.225 e. The maximum Gasteiger partial charge on any atom is 0.225 e. The molecule has 2 amide bonds. The third-order valence-corrected chi connectivity index (χ3v) is 4.36. The molecule has 0 saturated carbocycles. The molecule has 0 spiro atoms. The highest BCUT2D eigenvalue weighted by molar-refractivity contribution is 5.81. The fraction of sp³-hybridized carbons (Fsp3) is 0.579. The van der Waals surface area contributed by atoms with Gasteiger partial charge in [0.05, 0.1) is 0 Å². The fourth-order valence-corrected chi connectivity index (χ4v) is 2.73. The van der Waals surface area contributed by atoms with Crippen molar-refractivity contribution in [1.29, 1.82) is 0 Å². The van der Waals surface area contributed by atoms with Gasteiger partial charge in [-0.25, -0.2) is 4.39 Å². The van der Waals surface area contributed by atoms with Crippen LogP contribution in [0, 0.1) is 11.2 Å². The zero-order valence-corrected chi connectivity index (χ0v) is 15.3. The van der Waals surface area contributed by atoms with Crippen LogP contribution in [0.2, 0.25) is 0 Å². The minimum Gasteiger partial charge on any atom is -0.368 e. The number of carbonyl (C=O) groups is 2. The number of benzene rings is 1. The van der Waals surface area contributed by atoms with Gasteiger partial charge < -0.3 is 15.1 Å². The molecule has 0 atom stereocenters. The summed E-state index contributed by atoms with van der Waals surface area (Å²) >= 11 is 0. The lowest BCUT2D eigenvalue weighted by molar-refractivity contribution is -0.132. The molecule has 0 bridgehead atoms. The SMILES string of the molecule is CC(C)(C)C(=O)NCCCC(=O)N1CCN(c2ccc(F)cc2)CC1. The van der Waals surface area contributed by atoms with E-state index in [0.29, 0.717) is 32.5 Å². The molecule has 1 fully saturated rings. The maximum atomic E-state index is 13.0. The normalized spacial score (nSPS) is 15.2. The molecule has 2 rings (SSSR count). The molecule has 0 unspecified atom stereocenters. The summed E-state index contributed by atoms with van der Waals surface area (Å²) < 4.78 is 13.0. The van der Waals surface area contributed by atoms with E-state index in [2.05, 4.69) is 10.2 Å². The molecule has 1 heterocycles. The van der Waals surface area contributed by atoms with Gasteiger partial charge in [0.2, 0.25) is 11.8 Å². The summed E-state index contributed by atoms with van der Waals surface area (Å²) in [6, 6.07) is 6.45. The van der Waals surface area contributed by atoms with Crippen LogP contribution in [0.1, 0.15) is 33.6 Å². The number of carbonyl (C=O) groups excluding carboxylic acids is 2. The summed E-state index contributed by atoms with van der Waals surface area (Å²) in [7, 11) is 0. The molecular weight excluding hydrogens is 321 g/mol. The third-order valence-electron chi connectivity index (χ3n) is 4.36. The summed E-state index contributed by atoms with van der Waals surface area (Å²) in [6.07, 6.45) is 1.10. The Morgan fingerprint density at radius 3 is 2.24 bits per heavy atom. The van der Waals surface area contributed by atoms with E-state index < -0.39 is 5.41 Å². The molecule has 1 aliphatic heterocycles. The number of piperazine rings is 1. The number of nitrogens with one attached hydrogen (secondary N) is 1. The quantitative estimate of drug-likeness (QED) is 0.831. The van der Waals surface area contributed by atoms with Crippen molar-refractivity contribution in [3.63, 3.8) is 0 Å².